The van der Waals surface area contributed by atoms with Gasteiger partial charge in [0.05, 0.1) is 0 Å². The lowest BCUT2D eigenvalue weighted by molar-refractivity contribution is 0.0700. The highest BCUT2D eigenvalue weighted by Crippen LogP contribution is 2.29. The normalized spacial score (nSPS) is 23.1. The van der Waals surface area contributed by atoms with Crippen molar-refractivity contribution >= 4 is 5.91 Å². The Balaban J connectivity index is 2.13. The summed E-state index contributed by atoms with van der Waals surface area (Å²) < 4.78 is 0. The van der Waals surface area contributed by atoms with Crippen molar-refractivity contribution in [1.29, 1.82) is 0 Å². The summed E-state index contributed by atoms with van der Waals surface area (Å²) in [6.45, 7) is 2.69. The van der Waals surface area contributed by atoms with Crippen LogP contribution in [0.1, 0.15) is 35.2 Å². The molecule has 3 nitrogen and oxygen atoms in total. The van der Waals surface area contributed by atoms with Gasteiger partial charge in [-0.05, 0) is 44.4 Å². The van der Waals surface area contributed by atoms with Crippen LogP contribution in [0.3, 0.4) is 0 Å². The van der Waals surface area contributed by atoms with E-state index in [-0.39, 0.29) is 5.91 Å². The predicted molar refractivity (Wildman–Crippen MR) is 73.5 cm³/mol. The molecule has 1 amide bonds. The summed E-state index contributed by atoms with van der Waals surface area (Å²) in [5.74, 6) is 0.577. The van der Waals surface area contributed by atoms with Crippen LogP contribution in [0.15, 0.2) is 24.3 Å². The summed E-state index contributed by atoms with van der Waals surface area (Å²) in [5, 5.41) is 0. The SMILES string of the molecule is Cc1cccc(C(=O)N(C)C2CCCC2CN)c1. The molecular weight excluding hydrogens is 224 g/mol. The Hall–Kier alpha value is -1.35. The van der Waals surface area contributed by atoms with Crippen molar-refractivity contribution in [1.82, 2.24) is 4.90 Å². The lowest BCUT2D eigenvalue weighted by Gasteiger charge is -2.29. The zero-order valence-electron chi connectivity index (χ0n) is 11.2. The van der Waals surface area contributed by atoms with E-state index in [1.54, 1.807) is 0 Å². The van der Waals surface area contributed by atoms with Crippen molar-refractivity contribution in [3.63, 3.8) is 0 Å². The van der Waals surface area contributed by atoms with Gasteiger partial charge in [-0.25, -0.2) is 0 Å². The van der Waals surface area contributed by atoms with Crippen LogP contribution in [0, 0.1) is 12.8 Å². The lowest BCUT2D eigenvalue weighted by Crippen LogP contribution is -2.41. The van der Waals surface area contributed by atoms with Crippen molar-refractivity contribution in [2.75, 3.05) is 13.6 Å². The van der Waals surface area contributed by atoms with Gasteiger partial charge in [0.25, 0.3) is 5.91 Å². The maximum absolute atomic E-state index is 12.4. The first kappa shape index (κ1) is 13.1. The lowest BCUT2D eigenvalue weighted by atomic mass is 10.0. The Bertz CT molecular complexity index is 430. The number of aryl methyl sites for hydroxylation is 1. The van der Waals surface area contributed by atoms with Gasteiger partial charge in [0, 0.05) is 18.7 Å². The van der Waals surface area contributed by atoms with Gasteiger partial charge in [-0.2, -0.15) is 0 Å². The standard InChI is InChI=1S/C15H22N2O/c1-11-5-3-6-12(9-11)15(18)17(2)14-8-4-7-13(14)10-16/h3,5-6,9,13-14H,4,7-8,10,16H2,1-2H3. The second kappa shape index (κ2) is 5.53. The molecule has 1 aromatic carbocycles. The number of amides is 1. The number of hydrogen-bond acceptors (Lipinski definition) is 2. The van der Waals surface area contributed by atoms with Crippen LogP contribution in [-0.4, -0.2) is 30.4 Å². The minimum Gasteiger partial charge on any atom is -0.338 e. The van der Waals surface area contributed by atoms with Crippen LogP contribution < -0.4 is 5.73 Å². The fraction of sp³-hybridized carbons (Fsp3) is 0.533. The van der Waals surface area contributed by atoms with Gasteiger partial charge in [0.1, 0.15) is 0 Å². The Morgan fingerprint density at radius 3 is 2.89 bits per heavy atom. The molecule has 0 aromatic heterocycles. The summed E-state index contributed by atoms with van der Waals surface area (Å²) in [5.41, 5.74) is 7.69. The number of nitrogens with two attached hydrogens (primary N) is 1. The minimum absolute atomic E-state index is 0.115. The average molecular weight is 246 g/mol. The first-order valence-electron chi connectivity index (χ1n) is 6.67. The molecule has 0 heterocycles. The van der Waals surface area contributed by atoms with Crippen LogP contribution in [0.4, 0.5) is 0 Å². The fourth-order valence-electron chi connectivity index (χ4n) is 2.93. The quantitative estimate of drug-likeness (QED) is 0.888. The van der Waals surface area contributed by atoms with Crippen LogP contribution in [0.25, 0.3) is 0 Å². The Labute approximate surface area is 109 Å². The zero-order valence-corrected chi connectivity index (χ0v) is 11.2. The van der Waals surface area contributed by atoms with Crippen LogP contribution in [0.5, 0.6) is 0 Å². The molecule has 1 aliphatic rings. The highest BCUT2D eigenvalue weighted by atomic mass is 16.2. The summed E-state index contributed by atoms with van der Waals surface area (Å²) >= 11 is 0. The average Bonchev–Trinajstić information content (AvgIpc) is 2.85. The largest absolute Gasteiger partial charge is 0.338 e. The molecule has 1 saturated carbocycles. The molecular formula is C15H22N2O. The first-order chi connectivity index (χ1) is 8.63. The third-order valence-electron chi connectivity index (χ3n) is 4.00. The van der Waals surface area contributed by atoms with E-state index in [1.807, 2.05) is 43.1 Å². The molecule has 2 unspecified atom stereocenters. The van der Waals surface area contributed by atoms with Gasteiger partial charge in [0.2, 0.25) is 0 Å². The summed E-state index contributed by atoms with van der Waals surface area (Å²) in [6.07, 6.45) is 3.40. The van der Waals surface area contributed by atoms with Crippen molar-refractivity contribution in [3.8, 4) is 0 Å². The van der Waals surface area contributed by atoms with E-state index >= 15 is 0 Å². The third kappa shape index (κ3) is 2.56. The Morgan fingerprint density at radius 2 is 2.22 bits per heavy atom. The second-order valence-corrected chi connectivity index (χ2v) is 5.28. The van der Waals surface area contributed by atoms with E-state index in [9.17, 15) is 4.79 Å². The number of benzene rings is 1. The van der Waals surface area contributed by atoms with Crippen molar-refractivity contribution in [3.05, 3.63) is 35.4 Å². The number of carbonyl (C=O) groups excluding carboxylic acids is 1. The van der Waals surface area contributed by atoms with Crippen LogP contribution in [0.2, 0.25) is 0 Å². The van der Waals surface area contributed by atoms with E-state index < -0.39 is 0 Å². The molecule has 1 aromatic rings. The second-order valence-electron chi connectivity index (χ2n) is 5.28. The Morgan fingerprint density at radius 1 is 1.44 bits per heavy atom. The molecule has 18 heavy (non-hydrogen) atoms. The van der Waals surface area contributed by atoms with Gasteiger partial charge < -0.3 is 10.6 Å². The summed E-state index contributed by atoms with van der Waals surface area (Å²) in [7, 11) is 1.91. The Kier molecular flexibility index (Phi) is 4.02. The van der Waals surface area contributed by atoms with E-state index in [1.165, 1.54) is 6.42 Å². The maximum atomic E-state index is 12.4. The molecule has 0 aliphatic heterocycles. The van der Waals surface area contributed by atoms with Gasteiger partial charge in [-0.15, -0.1) is 0 Å². The first-order valence-corrected chi connectivity index (χ1v) is 6.67. The summed E-state index contributed by atoms with van der Waals surface area (Å²) in [6, 6.07) is 8.09. The van der Waals surface area contributed by atoms with Crippen LogP contribution >= 0.6 is 0 Å². The van der Waals surface area contributed by atoms with E-state index in [4.69, 9.17) is 5.73 Å². The molecule has 98 valence electrons. The van der Waals surface area contributed by atoms with E-state index in [0.29, 0.717) is 18.5 Å². The van der Waals surface area contributed by atoms with E-state index in [0.717, 1.165) is 24.0 Å². The highest BCUT2D eigenvalue weighted by Gasteiger charge is 2.31. The van der Waals surface area contributed by atoms with Gasteiger partial charge >= 0.3 is 0 Å². The maximum Gasteiger partial charge on any atom is 0.253 e. The number of carbonyl (C=O) groups is 1. The number of nitrogens with zero attached hydrogens (tertiary/aromatic N) is 1. The molecule has 3 heteroatoms. The molecule has 0 radical (unpaired) electrons. The molecule has 2 rings (SSSR count). The van der Waals surface area contributed by atoms with Gasteiger partial charge in [-0.1, -0.05) is 24.1 Å². The van der Waals surface area contributed by atoms with Crippen molar-refractivity contribution in [2.24, 2.45) is 11.7 Å². The molecule has 0 spiro atoms. The van der Waals surface area contributed by atoms with Crippen LogP contribution in [-0.2, 0) is 0 Å². The number of hydrogen-bond donors (Lipinski definition) is 1. The fourth-order valence-corrected chi connectivity index (χ4v) is 2.93. The zero-order chi connectivity index (χ0) is 13.1. The monoisotopic (exact) mass is 246 g/mol. The summed E-state index contributed by atoms with van der Waals surface area (Å²) in [4.78, 5) is 14.3. The molecule has 2 atom stereocenters. The third-order valence-corrected chi connectivity index (χ3v) is 4.00. The molecule has 0 bridgehead atoms. The van der Waals surface area contributed by atoms with Gasteiger partial charge in [-0.3, -0.25) is 4.79 Å². The van der Waals surface area contributed by atoms with Crippen molar-refractivity contribution in [2.45, 2.75) is 32.2 Å². The smallest absolute Gasteiger partial charge is 0.253 e. The highest BCUT2D eigenvalue weighted by molar-refractivity contribution is 5.94. The van der Waals surface area contributed by atoms with E-state index in [2.05, 4.69) is 0 Å². The minimum atomic E-state index is 0.115. The molecule has 0 saturated heterocycles. The van der Waals surface area contributed by atoms with Crippen molar-refractivity contribution < 1.29 is 4.79 Å². The predicted octanol–water partition coefficient (Wildman–Crippen LogP) is 2.19. The number of rotatable bonds is 3. The molecule has 1 fully saturated rings. The molecule has 2 N–H and O–H groups in total. The topological polar surface area (TPSA) is 46.3 Å². The molecule has 1 aliphatic carbocycles. The van der Waals surface area contributed by atoms with Gasteiger partial charge in [0.15, 0.2) is 0 Å².